The zero-order valence-corrected chi connectivity index (χ0v) is 14.4. The lowest BCUT2D eigenvalue weighted by Crippen LogP contribution is -2.56. The number of hydrogen-bond donors (Lipinski definition) is 2. The number of aromatic nitrogens is 1. The minimum atomic E-state index is -0.490. The second-order valence-corrected chi connectivity index (χ2v) is 7.42. The monoisotopic (exact) mass is 362 g/mol. The Balaban J connectivity index is 0.00000176. The molecule has 1 aromatic heterocycles. The van der Waals surface area contributed by atoms with Crippen molar-refractivity contribution in [2.45, 2.75) is 43.1 Å². The second-order valence-electron chi connectivity index (χ2n) is 5.24. The van der Waals surface area contributed by atoms with Crippen molar-refractivity contribution >= 4 is 52.5 Å². The van der Waals surface area contributed by atoms with Crippen LogP contribution >= 0.6 is 35.5 Å². The van der Waals surface area contributed by atoms with Crippen molar-refractivity contribution in [2.24, 2.45) is 5.73 Å². The summed E-state index contributed by atoms with van der Waals surface area (Å²) in [7, 11) is 0. The summed E-state index contributed by atoms with van der Waals surface area (Å²) < 4.78 is 0. The first-order chi connectivity index (χ1) is 10.2. The molecule has 0 aromatic carbocycles. The van der Waals surface area contributed by atoms with Crippen molar-refractivity contribution in [1.82, 2.24) is 9.88 Å². The molecule has 0 radical (unpaired) electrons. The number of fused-ring (bicyclic) bond motifs is 1. The molecular formula is C13H19ClN4O2S2. The average Bonchev–Trinajstić information content (AvgIpc) is 2.94. The van der Waals surface area contributed by atoms with Gasteiger partial charge in [0, 0.05) is 11.6 Å². The fourth-order valence-electron chi connectivity index (χ4n) is 2.80. The molecular weight excluding hydrogens is 344 g/mol. The predicted octanol–water partition coefficient (Wildman–Crippen LogP) is 1.67. The molecule has 0 saturated carbocycles. The predicted molar refractivity (Wildman–Crippen MR) is 91.3 cm³/mol. The van der Waals surface area contributed by atoms with Gasteiger partial charge in [-0.3, -0.25) is 9.59 Å². The SMILES string of the molecule is Cl.N[C@H]1CCS[C@H]2CCC[C@@H](C(=O)Nc3nccs3)N2C1=O. The minimum absolute atomic E-state index is 0. The third kappa shape index (κ3) is 3.56. The minimum Gasteiger partial charge on any atom is -0.320 e. The van der Waals surface area contributed by atoms with Gasteiger partial charge in [0.1, 0.15) is 6.04 Å². The number of thioether (sulfide) groups is 1. The standard InChI is InChI=1S/C13H18N4O2S2.ClH/c14-8-4-6-20-10-3-1-2-9(17(10)12(8)19)11(18)16-13-15-5-7-21-13;/h5,7-10H,1-4,6,14H2,(H,15,16,18);1H/t8-,9-,10-;/m0./s1. The molecule has 3 heterocycles. The Morgan fingerprint density at radius 1 is 1.41 bits per heavy atom. The number of thiazole rings is 1. The smallest absolute Gasteiger partial charge is 0.249 e. The fourth-order valence-corrected chi connectivity index (χ4v) is 4.74. The van der Waals surface area contributed by atoms with Crippen LogP contribution in [0.2, 0.25) is 0 Å². The molecule has 3 atom stereocenters. The first-order valence-electron chi connectivity index (χ1n) is 7.06. The maximum atomic E-state index is 12.5. The van der Waals surface area contributed by atoms with E-state index in [0.717, 1.165) is 18.6 Å². The summed E-state index contributed by atoms with van der Waals surface area (Å²) in [5.41, 5.74) is 5.94. The van der Waals surface area contributed by atoms with E-state index in [1.807, 2.05) is 5.38 Å². The first-order valence-corrected chi connectivity index (χ1v) is 8.99. The van der Waals surface area contributed by atoms with Gasteiger partial charge in [0.2, 0.25) is 11.8 Å². The van der Waals surface area contributed by atoms with Gasteiger partial charge in [-0.2, -0.15) is 0 Å². The van der Waals surface area contributed by atoms with Crippen molar-refractivity contribution in [2.75, 3.05) is 11.1 Å². The number of nitrogens with zero attached hydrogens (tertiary/aromatic N) is 2. The Morgan fingerprint density at radius 3 is 2.95 bits per heavy atom. The van der Waals surface area contributed by atoms with E-state index in [1.165, 1.54) is 11.3 Å². The van der Waals surface area contributed by atoms with E-state index in [9.17, 15) is 9.59 Å². The molecule has 0 unspecified atom stereocenters. The molecule has 2 fully saturated rings. The third-order valence-electron chi connectivity index (χ3n) is 3.85. The highest BCUT2D eigenvalue weighted by Crippen LogP contribution is 2.34. The molecule has 0 spiro atoms. The lowest BCUT2D eigenvalue weighted by molar-refractivity contribution is -0.142. The zero-order chi connectivity index (χ0) is 14.8. The van der Waals surface area contributed by atoms with Crippen molar-refractivity contribution in [3.63, 3.8) is 0 Å². The van der Waals surface area contributed by atoms with Crippen LogP contribution in [0.25, 0.3) is 0 Å². The van der Waals surface area contributed by atoms with E-state index >= 15 is 0 Å². The van der Waals surface area contributed by atoms with E-state index in [1.54, 1.807) is 22.9 Å². The van der Waals surface area contributed by atoms with Gasteiger partial charge in [-0.25, -0.2) is 4.98 Å². The summed E-state index contributed by atoms with van der Waals surface area (Å²) >= 11 is 3.11. The number of carbonyl (C=O) groups excluding carboxylic acids is 2. The van der Waals surface area contributed by atoms with Gasteiger partial charge in [-0.1, -0.05) is 0 Å². The first kappa shape index (κ1) is 17.5. The Kier molecular flexibility index (Phi) is 6.08. The lowest BCUT2D eigenvalue weighted by Gasteiger charge is -2.40. The van der Waals surface area contributed by atoms with Crippen molar-refractivity contribution in [3.8, 4) is 0 Å². The van der Waals surface area contributed by atoms with E-state index < -0.39 is 12.1 Å². The summed E-state index contributed by atoms with van der Waals surface area (Å²) in [6.45, 7) is 0. The molecule has 6 nitrogen and oxygen atoms in total. The number of carbonyl (C=O) groups is 2. The van der Waals surface area contributed by atoms with E-state index in [2.05, 4.69) is 10.3 Å². The van der Waals surface area contributed by atoms with Gasteiger partial charge < -0.3 is 16.0 Å². The summed E-state index contributed by atoms with van der Waals surface area (Å²) in [4.78, 5) is 30.8. The molecule has 2 saturated heterocycles. The molecule has 9 heteroatoms. The summed E-state index contributed by atoms with van der Waals surface area (Å²) in [5.74, 6) is 0.621. The Bertz CT molecular complexity index is 528. The number of piperidine rings is 1. The third-order valence-corrected chi connectivity index (χ3v) is 5.86. The molecule has 3 rings (SSSR count). The maximum Gasteiger partial charge on any atom is 0.249 e. The van der Waals surface area contributed by atoms with Crippen LogP contribution in [0.4, 0.5) is 5.13 Å². The Morgan fingerprint density at radius 2 is 2.23 bits per heavy atom. The fraction of sp³-hybridized carbons (Fsp3) is 0.615. The molecule has 0 aliphatic carbocycles. The quantitative estimate of drug-likeness (QED) is 0.835. The average molecular weight is 363 g/mol. The molecule has 122 valence electrons. The number of nitrogens with one attached hydrogen (secondary N) is 1. The molecule has 1 aromatic rings. The van der Waals surface area contributed by atoms with Crippen molar-refractivity contribution in [3.05, 3.63) is 11.6 Å². The molecule has 2 amide bonds. The maximum absolute atomic E-state index is 12.5. The topological polar surface area (TPSA) is 88.3 Å². The van der Waals surface area contributed by atoms with Gasteiger partial charge in [-0.05, 0) is 31.4 Å². The molecule has 2 aliphatic heterocycles. The number of halogens is 1. The van der Waals surface area contributed by atoms with Gasteiger partial charge >= 0.3 is 0 Å². The molecule has 22 heavy (non-hydrogen) atoms. The van der Waals surface area contributed by atoms with Gasteiger partial charge in [0.25, 0.3) is 0 Å². The number of hydrogen-bond acceptors (Lipinski definition) is 6. The largest absolute Gasteiger partial charge is 0.320 e. The Hall–Kier alpha value is -0.830. The van der Waals surface area contributed by atoms with E-state index in [0.29, 0.717) is 18.0 Å². The van der Waals surface area contributed by atoms with Crippen LogP contribution in [0, 0.1) is 0 Å². The van der Waals surface area contributed by atoms with E-state index in [-0.39, 0.29) is 29.6 Å². The highest BCUT2D eigenvalue weighted by molar-refractivity contribution is 7.99. The van der Waals surface area contributed by atoms with Crippen LogP contribution in [0.1, 0.15) is 25.7 Å². The van der Waals surface area contributed by atoms with E-state index in [4.69, 9.17) is 5.73 Å². The lowest BCUT2D eigenvalue weighted by atomic mass is 9.99. The number of amides is 2. The molecule has 0 bridgehead atoms. The van der Waals surface area contributed by atoms with Crippen molar-refractivity contribution in [1.29, 1.82) is 0 Å². The van der Waals surface area contributed by atoms with Crippen LogP contribution in [-0.4, -0.2) is 44.9 Å². The van der Waals surface area contributed by atoms with Gasteiger partial charge in [-0.15, -0.1) is 35.5 Å². The summed E-state index contributed by atoms with van der Waals surface area (Å²) in [6, 6.07) is -0.924. The number of nitrogens with two attached hydrogens (primary N) is 1. The van der Waals surface area contributed by atoms with Crippen LogP contribution in [-0.2, 0) is 9.59 Å². The number of anilines is 1. The highest BCUT2D eigenvalue weighted by Gasteiger charge is 2.41. The van der Waals surface area contributed by atoms with Gasteiger partial charge in [0.05, 0.1) is 11.4 Å². The second kappa shape index (κ2) is 7.63. The Labute approximate surface area is 143 Å². The number of rotatable bonds is 2. The summed E-state index contributed by atoms with van der Waals surface area (Å²) in [5, 5.41) is 5.26. The van der Waals surface area contributed by atoms with Crippen LogP contribution < -0.4 is 11.1 Å². The zero-order valence-electron chi connectivity index (χ0n) is 11.9. The normalized spacial score (nSPS) is 28.3. The van der Waals surface area contributed by atoms with Crippen LogP contribution in [0.5, 0.6) is 0 Å². The van der Waals surface area contributed by atoms with Gasteiger partial charge in [0.15, 0.2) is 5.13 Å². The molecule has 2 aliphatic rings. The van der Waals surface area contributed by atoms with Crippen molar-refractivity contribution < 1.29 is 9.59 Å². The highest BCUT2D eigenvalue weighted by atomic mass is 35.5. The van der Waals surface area contributed by atoms with Crippen LogP contribution in [0.15, 0.2) is 11.6 Å². The molecule has 3 N–H and O–H groups in total. The summed E-state index contributed by atoms with van der Waals surface area (Å²) in [6.07, 6.45) is 4.90. The van der Waals surface area contributed by atoms with Crippen LogP contribution in [0.3, 0.4) is 0 Å².